The van der Waals surface area contributed by atoms with Crippen LogP contribution in [0.15, 0.2) is 187 Å². The van der Waals surface area contributed by atoms with Gasteiger partial charge >= 0.3 is 0 Å². The van der Waals surface area contributed by atoms with Crippen molar-refractivity contribution >= 4 is 79.2 Å². The Morgan fingerprint density at radius 2 is 1.05 bits per heavy atom. The molecule has 0 saturated heterocycles. The molecule has 3 aromatic heterocycles. The predicted molar refractivity (Wildman–Crippen MR) is 348 cm³/mol. The molecule has 2 aliphatic rings. The SMILES string of the molecule is CC(C)(C)c1ccc(N2c3ccc(C(C)(C)C)cc3B3c4cc(C(C)(C)C)ccc4N(c4ccc(C(C)(C)C)cc4)c4cc(-c5ccc6c(c5)oc5c(-c7ccccn7)[c-]ccc56)cc2c43)cc1.Cc1cnc(-c2[c-]cc(F)cc2)cc1C.[Ir]. The topological polar surface area (TPSA) is 45.4 Å². The molecule has 5 heterocycles. The van der Waals surface area contributed by atoms with Gasteiger partial charge < -0.3 is 24.2 Å². The number of aromatic nitrogens is 2. The molecule has 423 valence electrons. The molecule has 0 unspecified atom stereocenters. The number of hydrogen-bond donors (Lipinski definition) is 0. The summed E-state index contributed by atoms with van der Waals surface area (Å²) in [6.07, 6.45) is 3.64. The van der Waals surface area contributed by atoms with E-state index in [1.807, 2.05) is 56.6 Å². The van der Waals surface area contributed by atoms with Crippen molar-refractivity contribution in [2.24, 2.45) is 0 Å². The number of nitrogens with zero attached hydrogens (tertiary/aromatic N) is 4. The van der Waals surface area contributed by atoms with Crippen LogP contribution in [0.2, 0.25) is 0 Å². The Morgan fingerprint density at radius 3 is 1.55 bits per heavy atom. The first-order valence-corrected chi connectivity index (χ1v) is 29.1. The van der Waals surface area contributed by atoms with Crippen molar-refractivity contribution in [2.75, 3.05) is 9.80 Å². The standard InChI is InChI=1S/C63H61BN3O.C13H11FN.Ir/c1-60(2,3)41-20-26-45(27-21-41)66-53-31-24-43(62(7,8)9)37-50(53)64-51-38-44(63(10,11)12)25-32-54(51)67(46-28-22-42(23-29-46)61(4,5)6)56-35-40(34-55(66)58(56)64)39-19-30-47-48-16-15-17-49(52-18-13-14-33-65-52)59(48)68-57(47)36-39;1-9-7-13(15-8-10(9)2)11-3-5-12(14)6-4-11;/h13-16,18-38H,1-12H3;3,5-8H,1-2H3;/q2*-1;. The molecule has 1 radical (unpaired) electrons. The molecule has 2 aliphatic heterocycles. The molecule has 84 heavy (non-hydrogen) atoms. The molecule has 8 aromatic carbocycles. The predicted octanol–water partition coefficient (Wildman–Crippen LogP) is 18.7. The van der Waals surface area contributed by atoms with Crippen molar-refractivity contribution in [3.05, 3.63) is 234 Å². The van der Waals surface area contributed by atoms with Crippen LogP contribution < -0.4 is 26.2 Å². The quantitative estimate of drug-likeness (QED) is 0.127. The Bertz CT molecular complexity index is 4130. The summed E-state index contributed by atoms with van der Waals surface area (Å²) in [5, 5.41) is 2.13. The van der Waals surface area contributed by atoms with Crippen molar-refractivity contribution in [3.63, 3.8) is 0 Å². The third-order valence-electron chi connectivity index (χ3n) is 16.9. The van der Waals surface area contributed by atoms with Gasteiger partial charge in [0.05, 0.1) is 5.58 Å². The first kappa shape index (κ1) is 57.9. The zero-order valence-electron chi connectivity index (χ0n) is 50.8. The van der Waals surface area contributed by atoms with Crippen LogP contribution in [0.3, 0.4) is 0 Å². The smallest absolute Gasteiger partial charge is 0.252 e. The summed E-state index contributed by atoms with van der Waals surface area (Å²) < 4.78 is 19.5. The number of hydrogen-bond acceptors (Lipinski definition) is 5. The van der Waals surface area contributed by atoms with Gasteiger partial charge in [-0.2, -0.15) is 0 Å². The zero-order valence-corrected chi connectivity index (χ0v) is 53.2. The average Bonchev–Trinajstić information content (AvgIpc) is 0.830. The molecule has 0 bridgehead atoms. The van der Waals surface area contributed by atoms with E-state index in [4.69, 9.17) is 4.42 Å². The van der Waals surface area contributed by atoms with E-state index in [9.17, 15) is 4.39 Å². The van der Waals surface area contributed by atoms with Crippen LogP contribution in [0.25, 0.3) is 55.6 Å². The third-order valence-corrected chi connectivity index (χ3v) is 16.9. The summed E-state index contributed by atoms with van der Waals surface area (Å²) in [7, 11) is 0. The Kier molecular flexibility index (Phi) is 14.9. The summed E-state index contributed by atoms with van der Waals surface area (Å²) in [6.45, 7) is 31.8. The van der Waals surface area contributed by atoms with Gasteiger partial charge in [-0.05, 0) is 163 Å². The maximum Gasteiger partial charge on any atom is 0.252 e. The van der Waals surface area contributed by atoms with Gasteiger partial charge in [-0.15, -0.1) is 48.0 Å². The molecule has 11 aromatic rings. The molecule has 0 fully saturated rings. The Labute approximate surface area is 510 Å². The molecule has 8 heteroatoms. The van der Waals surface area contributed by atoms with Crippen LogP contribution in [-0.2, 0) is 41.8 Å². The van der Waals surface area contributed by atoms with Gasteiger partial charge in [-0.3, -0.25) is 4.39 Å². The molecule has 13 rings (SSSR count). The second kappa shape index (κ2) is 21.6. The maximum absolute atomic E-state index is 12.7. The van der Waals surface area contributed by atoms with Crippen molar-refractivity contribution < 1.29 is 28.9 Å². The number of aryl methyl sites for hydroxylation is 2. The van der Waals surface area contributed by atoms with Crippen molar-refractivity contribution in [1.29, 1.82) is 0 Å². The van der Waals surface area contributed by atoms with E-state index in [2.05, 4.69) is 236 Å². The molecule has 0 spiro atoms. The fourth-order valence-corrected chi connectivity index (χ4v) is 11.8. The fourth-order valence-electron chi connectivity index (χ4n) is 11.8. The zero-order chi connectivity index (χ0) is 58.5. The first-order chi connectivity index (χ1) is 39.4. The number of fused-ring (bicyclic) bond motifs is 7. The summed E-state index contributed by atoms with van der Waals surface area (Å²) >= 11 is 0. The summed E-state index contributed by atoms with van der Waals surface area (Å²) in [5.41, 5.74) is 25.8. The Morgan fingerprint density at radius 1 is 0.488 bits per heavy atom. The molecule has 0 aliphatic carbocycles. The largest absolute Gasteiger partial charge is 0.501 e. The second-order valence-electron chi connectivity index (χ2n) is 26.9. The van der Waals surface area contributed by atoms with Crippen LogP contribution in [0, 0.1) is 31.8 Å². The van der Waals surface area contributed by atoms with Gasteiger partial charge in [0.25, 0.3) is 6.71 Å². The van der Waals surface area contributed by atoms with E-state index in [1.54, 1.807) is 6.07 Å². The van der Waals surface area contributed by atoms with Gasteiger partial charge in [0.2, 0.25) is 0 Å². The minimum absolute atomic E-state index is 0. The molecule has 0 amide bonds. The molecule has 5 nitrogen and oxygen atoms in total. The van der Waals surface area contributed by atoms with Gasteiger partial charge in [0.15, 0.2) is 0 Å². The van der Waals surface area contributed by atoms with Crippen molar-refractivity contribution in [3.8, 4) is 33.6 Å². The number of halogens is 1. The molecule has 0 saturated carbocycles. The van der Waals surface area contributed by atoms with Crippen molar-refractivity contribution in [1.82, 2.24) is 9.97 Å². The summed E-state index contributed by atoms with van der Waals surface area (Å²) in [6, 6.07) is 67.5. The summed E-state index contributed by atoms with van der Waals surface area (Å²) in [5.74, 6) is -0.275. The van der Waals surface area contributed by atoms with Crippen LogP contribution in [0.5, 0.6) is 0 Å². The van der Waals surface area contributed by atoms with Gasteiger partial charge in [0, 0.05) is 77.8 Å². The first-order valence-electron chi connectivity index (χ1n) is 29.1. The Balaban J connectivity index is 0.000000400. The van der Waals surface area contributed by atoms with E-state index in [1.165, 1.54) is 79.1 Å². The number of furan rings is 1. The van der Waals surface area contributed by atoms with Gasteiger partial charge in [-0.25, -0.2) is 0 Å². The molecule has 0 N–H and O–H groups in total. The van der Waals surface area contributed by atoms with E-state index in [-0.39, 0.29) is 54.3 Å². The van der Waals surface area contributed by atoms with E-state index < -0.39 is 0 Å². The average molecular weight is 1280 g/mol. The number of benzene rings is 8. The third kappa shape index (κ3) is 10.7. The van der Waals surface area contributed by atoms with Crippen molar-refractivity contribution in [2.45, 2.75) is 119 Å². The van der Waals surface area contributed by atoms with E-state index >= 15 is 0 Å². The minimum Gasteiger partial charge on any atom is -0.501 e. The number of rotatable bonds is 5. The maximum atomic E-state index is 12.7. The number of anilines is 6. The fraction of sp³-hybridized carbons (Fsp3) is 0.237. The van der Waals surface area contributed by atoms with Crippen LogP contribution in [-0.4, -0.2) is 16.7 Å². The van der Waals surface area contributed by atoms with Crippen LogP contribution in [0.4, 0.5) is 38.5 Å². The number of pyridine rings is 2. The van der Waals surface area contributed by atoms with Crippen LogP contribution in [0.1, 0.15) is 116 Å². The summed E-state index contributed by atoms with van der Waals surface area (Å²) in [4.78, 5) is 14.0. The van der Waals surface area contributed by atoms with Crippen LogP contribution >= 0.6 is 0 Å². The normalized spacial score (nSPS) is 13.0. The molecule has 0 atom stereocenters. The molecular formula is C76H72BFIrN4O-2. The van der Waals surface area contributed by atoms with Gasteiger partial charge in [0.1, 0.15) is 5.58 Å². The van der Waals surface area contributed by atoms with E-state index in [0.717, 1.165) is 72.5 Å². The van der Waals surface area contributed by atoms with E-state index in [0.29, 0.717) is 0 Å². The van der Waals surface area contributed by atoms with Gasteiger partial charge in [-0.1, -0.05) is 178 Å². The minimum atomic E-state index is -0.275. The second-order valence-corrected chi connectivity index (χ2v) is 26.9. The monoisotopic (exact) mass is 1280 g/mol. The molecular weight excluding hydrogens is 1210 g/mol. The Hall–Kier alpha value is -7.90.